The second-order valence-corrected chi connectivity index (χ2v) is 13.8. The van der Waals surface area contributed by atoms with Gasteiger partial charge in [0.25, 0.3) is 0 Å². The van der Waals surface area contributed by atoms with Crippen LogP contribution in [0.3, 0.4) is 0 Å². The zero-order chi connectivity index (χ0) is 27.9. The summed E-state index contributed by atoms with van der Waals surface area (Å²) in [6.07, 6.45) is 44.1. The van der Waals surface area contributed by atoms with Crippen molar-refractivity contribution < 1.29 is 0 Å². The lowest BCUT2D eigenvalue weighted by molar-refractivity contribution is 0.380. The van der Waals surface area contributed by atoms with E-state index in [4.69, 9.17) is 0 Å². The Morgan fingerprint density at radius 3 is 0.789 bits per heavy atom. The first kappa shape index (κ1) is 38.0. The normalized spacial score (nSPS) is 14.1. The first-order valence-electron chi connectivity index (χ1n) is 18.6. The third kappa shape index (κ3) is 30.5. The number of rotatable bonds is 32. The van der Waals surface area contributed by atoms with Crippen molar-refractivity contribution in [3.8, 4) is 0 Å². The lowest BCUT2D eigenvalue weighted by atomic mass is 9.91. The fraction of sp³-hybridized carbons (Fsp3) is 1.00. The van der Waals surface area contributed by atoms with Crippen LogP contribution in [0.25, 0.3) is 0 Å². The molecule has 0 amide bonds. The Kier molecular flexibility index (Phi) is 31.5. The van der Waals surface area contributed by atoms with Crippen LogP contribution in [0.15, 0.2) is 0 Å². The van der Waals surface area contributed by atoms with Gasteiger partial charge in [-0.1, -0.05) is 227 Å². The standard InChI is InChI=1S/C38H78/c1-6-8-9-10-11-12-13-14-15-16-17-18-19-20-21-22-23-24-25-26-27-28-31-37(4)34-30-35-38(5)33-29-32-36(3)7-2/h36-38H,6-35H2,1-5H3. The van der Waals surface area contributed by atoms with E-state index in [9.17, 15) is 0 Å². The molecule has 3 unspecified atom stereocenters. The maximum atomic E-state index is 2.50. The quantitative estimate of drug-likeness (QED) is 0.0752. The van der Waals surface area contributed by atoms with Crippen molar-refractivity contribution in [1.82, 2.24) is 0 Å². The zero-order valence-corrected chi connectivity index (χ0v) is 27.9. The first-order valence-corrected chi connectivity index (χ1v) is 18.6. The molecule has 0 saturated heterocycles. The Morgan fingerprint density at radius 1 is 0.263 bits per heavy atom. The van der Waals surface area contributed by atoms with Gasteiger partial charge in [-0.05, 0) is 17.8 Å². The van der Waals surface area contributed by atoms with Crippen LogP contribution < -0.4 is 0 Å². The van der Waals surface area contributed by atoms with Crippen LogP contribution in [-0.4, -0.2) is 0 Å². The minimum atomic E-state index is 0.931. The van der Waals surface area contributed by atoms with Gasteiger partial charge in [-0.15, -0.1) is 0 Å². The second-order valence-electron chi connectivity index (χ2n) is 13.8. The minimum absolute atomic E-state index is 0.931. The molecule has 0 saturated carbocycles. The molecule has 0 aliphatic rings. The summed E-state index contributed by atoms with van der Waals surface area (Å²) in [7, 11) is 0. The van der Waals surface area contributed by atoms with Gasteiger partial charge >= 0.3 is 0 Å². The summed E-state index contributed by atoms with van der Waals surface area (Å²) in [6.45, 7) is 12.0. The molecule has 0 heteroatoms. The third-order valence-corrected chi connectivity index (χ3v) is 9.54. The van der Waals surface area contributed by atoms with E-state index in [-0.39, 0.29) is 0 Å². The van der Waals surface area contributed by atoms with Gasteiger partial charge in [0, 0.05) is 0 Å². The Balaban J connectivity index is 3.20. The summed E-state index contributed by atoms with van der Waals surface area (Å²) >= 11 is 0. The van der Waals surface area contributed by atoms with Crippen molar-refractivity contribution in [2.24, 2.45) is 17.8 Å². The highest BCUT2D eigenvalue weighted by Crippen LogP contribution is 2.22. The van der Waals surface area contributed by atoms with E-state index in [0.717, 1.165) is 17.8 Å². The molecular formula is C38H78. The van der Waals surface area contributed by atoms with Crippen LogP contribution in [0.1, 0.15) is 227 Å². The van der Waals surface area contributed by atoms with E-state index in [0.29, 0.717) is 0 Å². The van der Waals surface area contributed by atoms with Crippen LogP contribution in [0.2, 0.25) is 0 Å². The molecule has 230 valence electrons. The minimum Gasteiger partial charge on any atom is -0.0654 e. The van der Waals surface area contributed by atoms with Gasteiger partial charge in [0.15, 0.2) is 0 Å². The van der Waals surface area contributed by atoms with E-state index < -0.39 is 0 Å². The lowest BCUT2D eigenvalue weighted by Gasteiger charge is -2.15. The topological polar surface area (TPSA) is 0 Å². The van der Waals surface area contributed by atoms with Crippen LogP contribution in [0.5, 0.6) is 0 Å². The average molecular weight is 535 g/mol. The second kappa shape index (κ2) is 31.5. The smallest absolute Gasteiger partial charge is 0.0443 e. The molecule has 0 aliphatic heterocycles. The van der Waals surface area contributed by atoms with Gasteiger partial charge < -0.3 is 0 Å². The van der Waals surface area contributed by atoms with Crippen molar-refractivity contribution in [1.29, 1.82) is 0 Å². The van der Waals surface area contributed by atoms with Crippen molar-refractivity contribution >= 4 is 0 Å². The van der Waals surface area contributed by atoms with Gasteiger partial charge in [-0.3, -0.25) is 0 Å². The largest absolute Gasteiger partial charge is 0.0654 e. The Bertz CT molecular complexity index is 412. The zero-order valence-electron chi connectivity index (χ0n) is 27.9. The summed E-state index contributed by atoms with van der Waals surface area (Å²) in [6, 6.07) is 0. The highest BCUT2D eigenvalue weighted by atomic mass is 14.1. The summed E-state index contributed by atoms with van der Waals surface area (Å²) in [5, 5.41) is 0. The predicted octanol–water partition coefficient (Wildman–Crippen LogP) is 14.6. The maximum absolute atomic E-state index is 2.50. The predicted molar refractivity (Wildman–Crippen MR) is 177 cm³/mol. The van der Waals surface area contributed by atoms with Crippen molar-refractivity contribution in [3.05, 3.63) is 0 Å². The van der Waals surface area contributed by atoms with E-state index in [1.807, 2.05) is 0 Å². The molecule has 0 rings (SSSR count). The van der Waals surface area contributed by atoms with Crippen molar-refractivity contribution in [3.63, 3.8) is 0 Å². The molecule has 0 aliphatic carbocycles. The maximum Gasteiger partial charge on any atom is -0.0443 e. The van der Waals surface area contributed by atoms with E-state index in [1.54, 1.807) is 0 Å². The molecule has 0 fully saturated rings. The highest BCUT2D eigenvalue weighted by Gasteiger charge is 2.07. The summed E-state index contributed by atoms with van der Waals surface area (Å²) in [5.41, 5.74) is 0. The molecule has 0 aromatic carbocycles. The van der Waals surface area contributed by atoms with Gasteiger partial charge in [-0.25, -0.2) is 0 Å². The van der Waals surface area contributed by atoms with E-state index in [1.165, 1.54) is 193 Å². The molecule has 38 heavy (non-hydrogen) atoms. The van der Waals surface area contributed by atoms with E-state index >= 15 is 0 Å². The highest BCUT2D eigenvalue weighted by molar-refractivity contribution is 4.60. The monoisotopic (exact) mass is 535 g/mol. The number of hydrogen-bond donors (Lipinski definition) is 0. The Hall–Kier alpha value is 0. The molecule has 0 bridgehead atoms. The number of unbranched alkanes of at least 4 members (excludes halogenated alkanes) is 21. The molecule has 3 atom stereocenters. The van der Waals surface area contributed by atoms with Crippen molar-refractivity contribution in [2.75, 3.05) is 0 Å². The fourth-order valence-electron chi connectivity index (χ4n) is 6.22. The van der Waals surface area contributed by atoms with Crippen LogP contribution >= 0.6 is 0 Å². The molecule has 0 N–H and O–H groups in total. The van der Waals surface area contributed by atoms with Gasteiger partial charge in [0.1, 0.15) is 0 Å². The molecule has 0 heterocycles. The molecule has 0 radical (unpaired) electrons. The summed E-state index contributed by atoms with van der Waals surface area (Å²) in [4.78, 5) is 0. The molecule has 0 aromatic rings. The Morgan fingerprint density at radius 2 is 0.500 bits per heavy atom. The van der Waals surface area contributed by atoms with Crippen LogP contribution in [-0.2, 0) is 0 Å². The van der Waals surface area contributed by atoms with Gasteiger partial charge in [0.2, 0.25) is 0 Å². The average Bonchev–Trinajstić information content (AvgIpc) is 2.91. The number of hydrogen-bond acceptors (Lipinski definition) is 0. The Labute approximate surface area is 244 Å². The van der Waals surface area contributed by atoms with Crippen LogP contribution in [0.4, 0.5) is 0 Å². The molecular weight excluding hydrogens is 456 g/mol. The van der Waals surface area contributed by atoms with Gasteiger partial charge in [0.05, 0.1) is 0 Å². The van der Waals surface area contributed by atoms with Gasteiger partial charge in [-0.2, -0.15) is 0 Å². The molecule has 0 nitrogen and oxygen atoms in total. The third-order valence-electron chi connectivity index (χ3n) is 9.54. The molecule has 0 spiro atoms. The SMILES string of the molecule is CCCCCCCCCCCCCCCCCCCCCCCCC(C)CCCC(C)CCCC(C)CC. The van der Waals surface area contributed by atoms with Crippen molar-refractivity contribution in [2.45, 2.75) is 227 Å². The fourth-order valence-corrected chi connectivity index (χ4v) is 6.22. The summed E-state index contributed by atoms with van der Waals surface area (Å²) in [5.74, 6) is 2.83. The van der Waals surface area contributed by atoms with Crippen LogP contribution in [0, 0.1) is 17.8 Å². The first-order chi connectivity index (χ1) is 18.6. The van der Waals surface area contributed by atoms with E-state index in [2.05, 4.69) is 34.6 Å². The summed E-state index contributed by atoms with van der Waals surface area (Å²) < 4.78 is 0. The molecule has 0 aromatic heterocycles. The lowest BCUT2D eigenvalue weighted by Crippen LogP contribution is -2.00.